The number of fused-ring (bicyclic) bond motifs is 1. The van der Waals surface area contributed by atoms with Gasteiger partial charge < -0.3 is 31.2 Å². The average molecular weight is 459 g/mol. The molecule has 2 atom stereocenters. The monoisotopic (exact) mass is 458 g/mol. The van der Waals surface area contributed by atoms with E-state index in [9.17, 15) is 10.2 Å². The lowest BCUT2D eigenvalue weighted by Crippen LogP contribution is -2.28. The molecule has 0 aromatic heterocycles. The van der Waals surface area contributed by atoms with Crippen molar-refractivity contribution >= 4 is 35.6 Å². The van der Waals surface area contributed by atoms with E-state index < -0.39 is 0 Å². The molecule has 0 bridgehead atoms. The second kappa shape index (κ2) is 10.8. The van der Waals surface area contributed by atoms with E-state index in [0.717, 1.165) is 36.6 Å². The Morgan fingerprint density at radius 2 is 1.23 bits per heavy atom. The third kappa shape index (κ3) is 4.79. The van der Waals surface area contributed by atoms with Crippen LogP contribution in [0.1, 0.15) is 48.9 Å². The van der Waals surface area contributed by atoms with Crippen LogP contribution in [0.15, 0.2) is 24.3 Å². The van der Waals surface area contributed by atoms with Crippen molar-refractivity contribution in [1.29, 1.82) is 0 Å². The molecule has 2 aromatic carbocycles. The molecule has 2 aromatic rings. The minimum atomic E-state index is -0.304. The van der Waals surface area contributed by atoms with Gasteiger partial charge in [0, 0.05) is 55.0 Å². The summed E-state index contributed by atoms with van der Waals surface area (Å²) >= 11 is 0. The predicted molar refractivity (Wildman–Crippen MR) is 123 cm³/mol. The summed E-state index contributed by atoms with van der Waals surface area (Å²) in [4.78, 5) is 0. The maximum Gasteiger partial charge on any atom is 0.128 e. The Bertz CT molecular complexity index is 839. The molecule has 4 rings (SSSR count). The summed E-state index contributed by atoms with van der Waals surface area (Å²) in [7, 11) is 0. The summed E-state index contributed by atoms with van der Waals surface area (Å²) in [5, 5.41) is 23.0. The van der Waals surface area contributed by atoms with E-state index in [2.05, 4.69) is 0 Å². The fourth-order valence-corrected chi connectivity index (χ4v) is 4.68. The number of benzene rings is 2. The highest BCUT2D eigenvalue weighted by atomic mass is 35.5. The molecule has 2 saturated heterocycles. The van der Waals surface area contributed by atoms with Crippen molar-refractivity contribution in [1.82, 2.24) is 0 Å². The van der Waals surface area contributed by atoms with Crippen molar-refractivity contribution in [2.24, 2.45) is 23.3 Å². The molecule has 30 heavy (non-hydrogen) atoms. The number of rotatable bonds is 4. The zero-order valence-electron chi connectivity index (χ0n) is 17.0. The summed E-state index contributed by atoms with van der Waals surface area (Å²) in [5.74, 6) is 0.902. The number of hydrogen-bond donors (Lipinski definition) is 4. The molecule has 0 amide bonds. The zero-order valence-corrected chi connectivity index (χ0v) is 18.6. The molecular weight excluding hydrogens is 427 g/mol. The van der Waals surface area contributed by atoms with E-state index in [1.54, 1.807) is 12.1 Å². The van der Waals surface area contributed by atoms with Crippen LogP contribution >= 0.6 is 24.8 Å². The minimum absolute atomic E-state index is 0. The third-order valence-corrected chi connectivity index (χ3v) is 6.46. The summed E-state index contributed by atoms with van der Waals surface area (Å²) in [6, 6.07) is 6.66. The predicted octanol–water partition coefficient (Wildman–Crippen LogP) is 3.95. The molecule has 0 spiro atoms. The van der Waals surface area contributed by atoms with Crippen molar-refractivity contribution in [2.75, 3.05) is 26.4 Å². The minimum Gasteiger partial charge on any atom is -0.508 e. The topological polar surface area (TPSA) is 111 Å². The third-order valence-electron chi connectivity index (χ3n) is 6.46. The van der Waals surface area contributed by atoms with Gasteiger partial charge in [-0.3, -0.25) is 0 Å². The molecule has 0 radical (unpaired) electrons. The van der Waals surface area contributed by atoms with Crippen molar-refractivity contribution < 1.29 is 19.7 Å². The van der Waals surface area contributed by atoms with Gasteiger partial charge in [-0.05, 0) is 55.0 Å². The van der Waals surface area contributed by atoms with Gasteiger partial charge in [0.2, 0.25) is 0 Å². The van der Waals surface area contributed by atoms with Crippen LogP contribution in [0.2, 0.25) is 0 Å². The van der Waals surface area contributed by atoms with Crippen molar-refractivity contribution in [3.8, 4) is 11.5 Å². The van der Waals surface area contributed by atoms with Crippen molar-refractivity contribution in [3.05, 3.63) is 35.4 Å². The fraction of sp³-hybridized carbons (Fsp3) is 0.545. The van der Waals surface area contributed by atoms with E-state index in [-0.39, 0.29) is 60.2 Å². The Kier molecular flexibility index (Phi) is 9.03. The smallest absolute Gasteiger partial charge is 0.128 e. The van der Waals surface area contributed by atoms with Crippen LogP contribution in [0.25, 0.3) is 10.8 Å². The first-order valence-corrected chi connectivity index (χ1v) is 10.2. The SMILES string of the molecule is Cl.Cl.NC(c1ccc2c(C(N)C3CCOCC3)c(O)ccc2c1O)C1CCOCC1. The maximum atomic E-state index is 11.0. The summed E-state index contributed by atoms with van der Waals surface area (Å²) in [6.07, 6.45) is 3.54. The van der Waals surface area contributed by atoms with E-state index in [4.69, 9.17) is 20.9 Å². The van der Waals surface area contributed by atoms with Crippen LogP contribution in [-0.2, 0) is 9.47 Å². The Morgan fingerprint density at radius 1 is 0.733 bits per heavy atom. The van der Waals surface area contributed by atoms with Gasteiger partial charge in [0.15, 0.2) is 0 Å². The van der Waals surface area contributed by atoms with Gasteiger partial charge in [-0.15, -0.1) is 24.8 Å². The summed E-state index contributed by atoms with van der Waals surface area (Å²) < 4.78 is 10.9. The number of halogens is 2. The molecule has 6 N–H and O–H groups in total. The molecule has 2 heterocycles. The van der Waals surface area contributed by atoms with Crippen LogP contribution in [0.4, 0.5) is 0 Å². The van der Waals surface area contributed by atoms with Gasteiger partial charge in [-0.1, -0.05) is 12.1 Å². The molecule has 2 fully saturated rings. The summed E-state index contributed by atoms with van der Waals surface area (Å²) in [5.41, 5.74) is 14.5. The number of phenolic OH excluding ortho intramolecular Hbond substituents is 2. The first kappa shape index (κ1) is 25.0. The van der Waals surface area contributed by atoms with Gasteiger partial charge in [0.05, 0.1) is 0 Å². The second-order valence-electron chi connectivity index (χ2n) is 8.05. The van der Waals surface area contributed by atoms with Crippen LogP contribution < -0.4 is 11.5 Å². The van der Waals surface area contributed by atoms with Crippen LogP contribution in [0.3, 0.4) is 0 Å². The van der Waals surface area contributed by atoms with E-state index in [1.807, 2.05) is 12.1 Å². The normalized spacial score (nSPS) is 20.2. The Labute approximate surface area is 189 Å². The lowest BCUT2D eigenvalue weighted by atomic mass is 9.83. The number of phenols is 2. The quantitative estimate of drug-likeness (QED) is 0.551. The standard InChI is InChI=1S/C22H30N2O4.2ClH/c23-20(13-5-9-27-10-6-13)17-2-1-15-16(22(17)26)3-4-18(25)19(15)21(24)14-7-11-28-12-8-14;;/h1-4,13-14,20-21,25-26H,5-12,23-24H2;2*1H. The van der Waals surface area contributed by atoms with Crippen molar-refractivity contribution in [2.45, 2.75) is 37.8 Å². The maximum absolute atomic E-state index is 11.0. The van der Waals surface area contributed by atoms with Crippen LogP contribution in [0.5, 0.6) is 11.5 Å². The molecule has 2 aliphatic rings. The fourth-order valence-electron chi connectivity index (χ4n) is 4.68. The number of hydrogen-bond acceptors (Lipinski definition) is 6. The van der Waals surface area contributed by atoms with E-state index >= 15 is 0 Å². The molecule has 0 saturated carbocycles. The molecule has 8 heteroatoms. The molecule has 0 aliphatic carbocycles. The Morgan fingerprint density at radius 3 is 1.80 bits per heavy atom. The molecule has 2 aliphatic heterocycles. The Hall–Kier alpha value is -1.28. The van der Waals surface area contributed by atoms with Crippen molar-refractivity contribution in [3.63, 3.8) is 0 Å². The van der Waals surface area contributed by atoms with Crippen LogP contribution in [-0.4, -0.2) is 36.6 Å². The summed E-state index contributed by atoms with van der Waals surface area (Å²) in [6.45, 7) is 2.81. The van der Waals surface area contributed by atoms with Gasteiger partial charge >= 0.3 is 0 Å². The first-order valence-electron chi connectivity index (χ1n) is 10.2. The number of ether oxygens (including phenoxy) is 2. The Balaban J connectivity index is 0.00000160. The highest BCUT2D eigenvalue weighted by Crippen LogP contribution is 2.43. The lowest BCUT2D eigenvalue weighted by Gasteiger charge is -2.30. The lowest BCUT2D eigenvalue weighted by molar-refractivity contribution is 0.0581. The van der Waals surface area contributed by atoms with Crippen LogP contribution in [0, 0.1) is 11.8 Å². The molecule has 6 nitrogen and oxygen atoms in total. The number of nitrogens with two attached hydrogens (primary N) is 2. The molecular formula is C22H32Cl2N2O4. The zero-order chi connectivity index (χ0) is 19.7. The average Bonchev–Trinajstić information content (AvgIpc) is 2.74. The van der Waals surface area contributed by atoms with E-state index in [1.165, 1.54) is 0 Å². The van der Waals surface area contributed by atoms with Gasteiger partial charge in [-0.2, -0.15) is 0 Å². The van der Waals surface area contributed by atoms with Gasteiger partial charge in [0.1, 0.15) is 11.5 Å². The number of aromatic hydroxyl groups is 2. The van der Waals surface area contributed by atoms with Gasteiger partial charge in [0.25, 0.3) is 0 Å². The second-order valence-corrected chi connectivity index (χ2v) is 8.05. The highest BCUT2D eigenvalue weighted by Gasteiger charge is 2.28. The molecule has 2 unspecified atom stereocenters. The van der Waals surface area contributed by atoms with E-state index in [0.29, 0.717) is 37.4 Å². The first-order chi connectivity index (χ1) is 13.6. The molecule has 168 valence electrons. The van der Waals surface area contributed by atoms with Gasteiger partial charge in [-0.25, -0.2) is 0 Å². The highest BCUT2D eigenvalue weighted by molar-refractivity contribution is 5.94. The largest absolute Gasteiger partial charge is 0.508 e.